The Labute approximate surface area is 136 Å². The average Bonchev–Trinajstić information content (AvgIpc) is 3.05. The van der Waals surface area contributed by atoms with Crippen molar-refractivity contribution in [2.75, 3.05) is 0 Å². The van der Waals surface area contributed by atoms with E-state index in [2.05, 4.69) is 47.1 Å². The van der Waals surface area contributed by atoms with Crippen molar-refractivity contribution in [2.24, 2.45) is 0 Å². The van der Waals surface area contributed by atoms with Crippen LogP contribution in [0.25, 0.3) is 0 Å². The highest BCUT2D eigenvalue weighted by molar-refractivity contribution is 7.80. The highest BCUT2D eigenvalue weighted by atomic mass is 32.1. The number of thiocarbonyl (C=S) groups is 1. The molecule has 0 aliphatic carbocycles. The molecule has 0 radical (unpaired) electrons. The molecule has 22 heavy (non-hydrogen) atoms. The standard InChI is InChI=1S/C15H24N6S/c1-5-20-9-13(11(3)18-20)7-16-15(22)17-8-14-10-21(6-2)19-12(14)4/h9-10H,5-8H2,1-4H3,(H2,16,17,22). The maximum atomic E-state index is 5.33. The first-order chi connectivity index (χ1) is 10.5. The van der Waals surface area contributed by atoms with Gasteiger partial charge in [-0.15, -0.1) is 0 Å². The molecule has 120 valence electrons. The van der Waals surface area contributed by atoms with Gasteiger partial charge in [-0.1, -0.05) is 0 Å². The fourth-order valence-electron chi connectivity index (χ4n) is 2.20. The second-order valence-corrected chi connectivity index (χ2v) is 5.64. The number of aryl methyl sites for hydroxylation is 4. The SMILES string of the molecule is CCn1cc(CNC(=S)NCc2cn(CC)nc2C)c(C)n1. The Balaban J connectivity index is 1.82. The molecule has 2 N–H and O–H groups in total. The van der Waals surface area contributed by atoms with Crippen molar-refractivity contribution in [3.05, 3.63) is 34.9 Å². The van der Waals surface area contributed by atoms with Crippen LogP contribution in [0.2, 0.25) is 0 Å². The maximum absolute atomic E-state index is 5.33. The summed E-state index contributed by atoms with van der Waals surface area (Å²) in [6, 6.07) is 0. The van der Waals surface area contributed by atoms with Gasteiger partial charge in [0.2, 0.25) is 0 Å². The topological polar surface area (TPSA) is 59.7 Å². The lowest BCUT2D eigenvalue weighted by Crippen LogP contribution is -2.34. The van der Waals surface area contributed by atoms with Crippen molar-refractivity contribution in [1.82, 2.24) is 30.2 Å². The highest BCUT2D eigenvalue weighted by Crippen LogP contribution is 2.06. The van der Waals surface area contributed by atoms with Crippen LogP contribution in [0.15, 0.2) is 12.4 Å². The number of aromatic nitrogens is 4. The lowest BCUT2D eigenvalue weighted by atomic mass is 10.2. The first-order valence-electron chi connectivity index (χ1n) is 7.61. The molecule has 0 saturated carbocycles. The van der Waals surface area contributed by atoms with E-state index in [1.54, 1.807) is 0 Å². The van der Waals surface area contributed by atoms with Gasteiger partial charge in [-0.25, -0.2) is 0 Å². The number of hydrogen-bond donors (Lipinski definition) is 2. The second kappa shape index (κ2) is 7.40. The Hall–Kier alpha value is -1.89. The van der Waals surface area contributed by atoms with Crippen molar-refractivity contribution in [3.8, 4) is 0 Å². The summed E-state index contributed by atoms with van der Waals surface area (Å²) in [5, 5.41) is 16.0. The van der Waals surface area contributed by atoms with E-state index < -0.39 is 0 Å². The van der Waals surface area contributed by atoms with Crippen molar-refractivity contribution in [2.45, 2.75) is 53.9 Å². The van der Waals surface area contributed by atoms with Gasteiger partial charge in [0.25, 0.3) is 0 Å². The molecule has 0 bridgehead atoms. The van der Waals surface area contributed by atoms with Gasteiger partial charge in [0.15, 0.2) is 5.11 Å². The Bertz CT molecular complexity index is 588. The summed E-state index contributed by atoms with van der Waals surface area (Å²) in [6.45, 7) is 11.3. The molecule has 0 unspecified atom stereocenters. The zero-order chi connectivity index (χ0) is 16.1. The van der Waals surface area contributed by atoms with E-state index >= 15 is 0 Å². The molecule has 0 saturated heterocycles. The lowest BCUT2D eigenvalue weighted by Gasteiger charge is -2.09. The third-order valence-electron chi connectivity index (χ3n) is 3.62. The van der Waals surface area contributed by atoms with Crippen LogP contribution in [-0.4, -0.2) is 24.7 Å². The predicted octanol–water partition coefficient (Wildman–Crippen LogP) is 1.90. The quantitative estimate of drug-likeness (QED) is 0.796. The van der Waals surface area contributed by atoms with E-state index in [9.17, 15) is 0 Å². The van der Waals surface area contributed by atoms with E-state index in [1.807, 2.05) is 23.2 Å². The molecule has 6 nitrogen and oxygen atoms in total. The number of nitrogens with zero attached hydrogens (tertiary/aromatic N) is 4. The van der Waals surface area contributed by atoms with Crippen molar-refractivity contribution < 1.29 is 0 Å². The third kappa shape index (κ3) is 4.07. The van der Waals surface area contributed by atoms with Gasteiger partial charge < -0.3 is 10.6 Å². The molecule has 0 spiro atoms. The monoisotopic (exact) mass is 320 g/mol. The number of hydrogen-bond acceptors (Lipinski definition) is 3. The normalized spacial score (nSPS) is 10.7. The smallest absolute Gasteiger partial charge is 0.166 e. The molecule has 0 aliphatic rings. The molecular formula is C15H24N6S. The van der Waals surface area contributed by atoms with Gasteiger partial charge in [-0.05, 0) is 39.9 Å². The molecule has 2 aromatic heterocycles. The van der Waals surface area contributed by atoms with E-state index in [4.69, 9.17) is 12.2 Å². The minimum Gasteiger partial charge on any atom is -0.359 e. The molecule has 0 amide bonds. The van der Waals surface area contributed by atoms with Crippen LogP contribution < -0.4 is 10.6 Å². The van der Waals surface area contributed by atoms with Gasteiger partial charge in [0.05, 0.1) is 11.4 Å². The number of nitrogens with one attached hydrogen (secondary N) is 2. The summed E-state index contributed by atoms with van der Waals surface area (Å²) in [5.41, 5.74) is 4.41. The third-order valence-corrected chi connectivity index (χ3v) is 3.91. The minimum atomic E-state index is 0.646. The zero-order valence-electron chi connectivity index (χ0n) is 13.7. The molecule has 2 heterocycles. The molecule has 0 atom stereocenters. The molecule has 7 heteroatoms. The average molecular weight is 320 g/mol. The van der Waals surface area contributed by atoms with Gasteiger partial charge in [-0.2, -0.15) is 10.2 Å². The van der Waals surface area contributed by atoms with Crippen LogP contribution in [0.3, 0.4) is 0 Å². The fraction of sp³-hybridized carbons (Fsp3) is 0.533. The molecule has 2 aromatic rings. The summed E-state index contributed by atoms with van der Waals surface area (Å²) in [4.78, 5) is 0. The molecule has 0 aliphatic heterocycles. The number of rotatable bonds is 6. The first kappa shape index (κ1) is 16.5. The minimum absolute atomic E-state index is 0.646. The summed E-state index contributed by atoms with van der Waals surface area (Å²) in [6.07, 6.45) is 4.11. The van der Waals surface area contributed by atoms with Crippen LogP contribution in [0.1, 0.15) is 36.4 Å². The molecule has 0 aromatic carbocycles. The predicted molar refractivity (Wildman–Crippen MR) is 91.6 cm³/mol. The Morgan fingerprint density at radius 2 is 1.36 bits per heavy atom. The summed E-state index contributed by atoms with van der Waals surface area (Å²) < 4.78 is 3.87. The van der Waals surface area contributed by atoms with E-state index in [0.29, 0.717) is 18.2 Å². The van der Waals surface area contributed by atoms with Gasteiger partial charge in [0, 0.05) is 49.7 Å². The van der Waals surface area contributed by atoms with Crippen molar-refractivity contribution in [3.63, 3.8) is 0 Å². The van der Waals surface area contributed by atoms with Crippen molar-refractivity contribution >= 4 is 17.3 Å². The Morgan fingerprint density at radius 1 is 0.955 bits per heavy atom. The van der Waals surface area contributed by atoms with Gasteiger partial charge in [0.1, 0.15) is 0 Å². The molecular weight excluding hydrogens is 296 g/mol. The summed E-state index contributed by atoms with van der Waals surface area (Å²) in [7, 11) is 0. The fourth-order valence-corrected chi connectivity index (χ4v) is 2.35. The second-order valence-electron chi connectivity index (χ2n) is 5.23. The zero-order valence-corrected chi connectivity index (χ0v) is 14.5. The Morgan fingerprint density at radius 3 is 1.68 bits per heavy atom. The van der Waals surface area contributed by atoms with Crippen molar-refractivity contribution in [1.29, 1.82) is 0 Å². The van der Waals surface area contributed by atoms with Crippen LogP contribution in [-0.2, 0) is 26.2 Å². The first-order valence-corrected chi connectivity index (χ1v) is 8.01. The largest absolute Gasteiger partial charge is 0.359 e. The van der Waals surface area contributed by atoms with Crippen LogP contribution in [0, 0.1) is 13.8 Å². The van der Waals surface area contributed by atoms with Gasteiger partial charge >= 0.3 is 0 Å². The molecule has 2 rings (SSSR count). The summed E-state index contributed by atoms with van der Waals surface area (Å²) >= 11 is 5.33. The van der Waals surface area contributed by atoms with E-state index in [-0.39, 0.29) is 0 Å². The summed E-state index contributed by atoms with van der Waals surface area (Å²) in [5.74, 6) is 0. The highest BCUT2D eigenvalue weighted by Gasteiger charge is 2.07. The lowest BCUT2D eigenvalue weighted by molar-refractivity contribution is 0.653. The molecule has 0 fully saturated rings. The van der Waals surface area contributed by atoms with Crippen LogP contribution >= 0.6 is 12.2 Å². The van der Waals surface area contributed by atoms with E-state index in [0.717, 1.165) is 24.5 Å². The van der Waals surface area contributed by atoms with Gasteiger partial charge in [-0.3, -0.25) is 9.36 Å². The van der Waals surface area contributed by atoms with Crippen LogP contribution in [0.4, 0.5) is 0 Å². The maximum Gasteiger partial charge on any atom is 0.166 e. The Kier molecular flexibility index (Phi) is 5.54. The van der Waals surface area contributed by atoms with E-state index in [1.165, 1.54) is 11.1 Å². The van der Waals surface area contributed by atoms with Crippen LogP contribution in [0.5, 0.6) is 0 Å².